The molecule has 72 heavy (non-hydrogen) atoms. The molecule has 25 atom stereocenters. The normalized spacial score (nSPS) is 52.8. The van der Waals surface area contributed by atoms with Crippen LogP contribution < -0.4 is 59.1 Å². The molecule has 396 valence electrons. The summed E-state index contributed by atoms with van der Waals surface area (Å²) in [6.45, 7) is 14.6. The average Bonchev–Trinajstić information content (AvgIpc) is 3.44. The number of fused-ring (bicyclic) bond motifs is 10. The molecule has 25 heteroatoms. The van der Waals surface area contributed by atoms with Crippen molar-refractivity contribution in [2.45, 2.75) is 257 Å². The third kappa shape index (κ3) is 10.7. The first-order valence-corrected chi connectivity index (χ1v) is 27.9. The largest absolute Gasteiger partial charge is 1.00 e. The van der Waals surface area contributed by atoms with Crippen molar-refractivity contribution in [3.8, 4) is 0 Å². The van der Waals surface area contributed by atoms with Crippen molar-refractivity contribution < 1.29 is 155 Å². The molecular weight excluding hydrogens is 1010 g/mol. The second kappa shape index (κ2) is 20.6. The van der Waals surface area contributed by atoms with Crippen molar-refractivity contribution in [2.75, 3.05) is 6.61 Å². The Kier molecular flexibility index (Phi) is 16.4. The average molecular weight is 1080 g/mol. The summed E-state index contributed by atoms with van der Waals surface area (Å²) in [6, 6.07) is 0. The molecule has 11 fully saturated rings. The Bertz CT molecular complexity index is 2280. The van der Waals surface area contributed by atoms with Crippen molar-refractivity contribution >= 4 is 26.6 Å². The second-order valence-corrected chi connectivity index (χ2v) is 25.0. The minimum Gasteiger partial charge on any atom is -0.726 e. The van der Waals surface area contributed by atoms with Crippen LogP contribution in [0, 0.1) is 11.8 Å². The predicted molar refractivity (Wildman–Crippen MR) is 234 cm³/mol. The standard InChI is InChI=1S/C47H70O21S2.2Na/c1-21-12-33-32(63-40(21)23(3)48)18-39-46(6,65-33)43(49)42-36(62-39)17-35-41(64-42)22(2)20-45(5)38(61-35)19-37-44(4,67-45)10-8-25-27(60-37)14-29-28(57-25)15-30-31(59-29)16-34-26(58-30)13-24(9-11-56-69(50,51)52)47(7,66-34)68-70(53,54)55;;/h22,24-43,49H,1,8-20H2,2-7H3,(H,50,51,52)(H,53,54,55);;/q;2*+1/p-2/t22-,24-,25-,26+,27+,28+,29-,30-,31+,32+,33-,34-,35-,36+,37-,38+,39-,40-,41+,42+,43+,44+,45-,46-,47+;;/m0../s1. The molecular formula is C47H68Na2O21S2. The molecule has 0 radical (unpaired) electrons. The quantitative estimate of drug-likeness (QED) is 0.111. The number of carbonyl (C=O) groups is 1. The third-order valence-corrected chi connectivity index (χ3v) is 19.0. The fourth-order valence-electron chi connectivity index (χ4n) is 14.6. The van der Waals surface area contributed by atoms with Crippen LogP contribution in [0.1, 0.15) is 119 Å². The van der Waals surface area contributed by atoms with Crippen LogP contribution in [0.3, 0.4) is 0 Å². The molecule has 0 amide bonds. The molecule has 11 rings (SSSR count). The second-order valence-electron chi connectivity index (χ2n) is 23.0. The van der Waals surface area contributed by atoms with Gasteiger partial charge in [-0.15, -0.1) is 0 Å². The summed E-state index contributed by atoms with van der Waals surface area (Å²) >= 11 is 0. The molecule has 11 saturated heterocycles. The summed E-state index contributed by atoms with van der Waals surface area (Å²) < 4.78 is 153. The summed E-state index contributed by atoms with van der Waals surface area (Å²) in [5, 5.41) is 12.1. The van der Waals surface area contributed by atoms with Crippen molar-refractivity contribution in [3.63, 3.8) is 0 Å². The minimum absolute atomic E-state index is 0. The maximum atomic E-state index is 12.4. The van der Waals surface area contributed by atoms with E-state index >= 15 is 0 Å². The first-order chi connectivity index (χ1) is 32.8. The summed E-state index contributed by atoms with van der Waals surface area (Å²) in [4.78, 5) is 12.4. The Morgan fingerprint density at radius 1 is 0.667 bits per heavy atom. The molecule has 1 N–H and O–H groups in total. The number of aliphatic hydroxyl groups is 1. The molecule has 11 aliphatic rings. The maximum Gasteiger partial charge on any atom is 1.00 e. The van der Waals surface area contributed by atoms with E-state index in [0.717, 1.165) is 0 Å². The number of ketones is 1. The number of rotatable bonds is 7. The number of aliphatic hydroxyl groups excluding tert-OH is 1. The van der Waals surface area contributed by atoms with Crippen LogP contribution in [0.15, 0.2) is 12.2 Å². The van der Waals surface area contributed by atoms with Gasteiger partial charge in [-0.05, 0) is 84.6 Å². The SMILES string of the molecule is C=C1C[C@@H]2O[C@@]3(C)[C@H](C[C@H]2O[C@@H]1C(C)=O)O[C@@H]1C[C@@H]2O[C@@H]4C[C@@H]5O[C@@H]6C[C@@H]7O[C@@H]8C[C@@H]9O[C@](C)(OS(=O)(=O)[O-])[C@@H](CCOS(=O)(=O)[O-])C[C@H]9O[C@H]8C[C@H]7O[C@H]6CC[C@@]5(C)O[C@@]4(C)C[C@H](C)[C@H]2O[C@H]1[C@H]3O.[Na+].[Na+]. The van der Waals surface area contributed by atoms with Crippen LogP contribution in [-0.2, 0) is 86.1 Å². The molecule has 0 saturated carbocycles. The number of Topliss-reactive ketones (excluding diaryl/α,β-unsaturated/α-hetero) is 1. The Hall–Kier alpha value is 0.670. The minimum atomic E-state index is -5.26. The maximum absolute atomic E-state index is 12.4. The molecule has 0 spiro atoms. The monoisotopic (exact) mass is 1080 g/mol. The van der Waals surface area contributed by atoms with Gasteiger partial charge in [-0.2, -0.15) is 0 Å². The van der Waals surface area contributed by atoms with Gasteiger partial charge in [0.15, 0.2) is 11.6 Å². The van der Waals surface area contributed by atoms with Gasteiger partial charge in [0.1, 0.15) is 23.9 Å². The van der Waals surface area contributed by atoms with Gasteiger partial charge >= 0.3 is 59.1 Å². The smallest absolute Gasteiger partial charge is 0.726 e. The first-order valence-electron chi connectivity index (χ1n) is 25.2. The Morgan fingerprint density at radius 3 is 1.88 bits per heavy atom. The van der Waals surface area contributed by atoms with E-state index in [1.54, 1.807) is 0 Å². The summed E-state index contributed by atoms with van der Waals surface area (Å²) in [5.74, 6) is -2.96. The number of carbonyl (C=O) groups excluding carboxylic acids is 1. The van der Waals surface area contributed by atoms with Crippen LogP contribution in [0.5, 0.6) is 0 Å². The summed E-state index contributed by atoms with van der Waals surface area (Å²) in [7, 11) is -10.3. The third-order valence-electron chi connectivity index (χ3n) is 18.0. The first kappa shape index (κ1) is 57.4. The van der Waals surface area contributed by atoms with Gasteiger partial charge in [-0.25, -0.2) is 21.0 Å². The Balaban J connectivity index is 0.00000320. The zero-order valence-corrected chi connectivity index (χ0v) is 48.1. The molecule has 0 bridgehead atoms. The molecule has 0 aromatic heterocycles. The van der Waals surface area contributed by atoms with Gasteiger partial charge in [0, 0.05) is 44.4 Å². The van der Waals surface area contributed by atoms with Crippen LogP contribution in [-0.4, -0.2) is 182 Å². The predicted octanol–water partition coefficient (Wildman–Crippen LogP) is -3.65. The van der Waals surface area contributed by atoms with Gasteiger partial charge in [0.2, 0.25) is 20.8 Å². The fourth-order valence-corrected chi connectivity index (χ4v) is 15.5. The van der Waals surface area contributed by atoms with E-state index in [9.17, 15) is 35.8 Å². The number of ether oxygens (including phenoxy) is 11. The molecule has 0 aromatic rings. The van der Waals surface area contributed by atoms with Crippen molar-refractivity contribution in [1.82, 2.24) is 0 Å². The molecule has 11 heterocycles. The number of hydrogen-bond acceptors (Lipinski definition) is 21. The zero-order chi connectivity index (χ0) is 49.7. The van der Waals surface area contributed by atoms with E-state index in [1.165, 1.54) is 13.8 Å². The number of hydrogen-bond donors (Lipinski definition) is 1. The summed E-state index contributed by atoms with van der Waals surface area (Å²) in [5.41, 5.74) is -1.76. The Morgan fingerprint density at radius 2 is 1.22 bits per heavy atom. The van der Waals surface area contributed by atoms with E-state index < -0.39 is 111 Å². The zero-order valence-electron chi connectivity index (χ0n) is 42.5. The van der Waals surface area contributed by atoms with Gasteiger partial charge < -0.3 is 66.3 Å². The molecule has 0 aliphatic carbocycles. The van der Waals surface area contributed by atoms with Gasteiger partial charge in [-0.1, -0.05) is 13.5 Å². The van der Waals surface area contributed by atoms with E-state index in [0.29, 0.717) is 69.8 Å². The van der Waals surface area contributed by atoms with E-state index in [-0.39, 0.29) is 145 Å². The molecule has 11 aliphatic heterocycles. The van der Waals surface area contributed by atoms with Crippen LogP contribution in [0.4, 0.5) is 0 Å². The molecule has 0 aromatic carbocycles. The van der Waals surface area contributed by atoms with Crippen LogP contribution in [0.25, 0.3) is 0 Å². The van der Waals surface area contributed by atoms with Crippen LogP contribution >= 0.6 is 0 Å². The van der Waals surface area contributed by atoms with Gasteiger partial charge in [0.05, 0.1) is 115 Å². The van der Waals surface area contributed by atoms with Crippen molar-refractivity contribution in [2.24, 2.45) is 11.8 Å². The van der Waals surface area contributed by atoms with Crippen molar-refractivity contribution in [3.05, 3.63) is 12.2 Å². The van der Waals surface area contributed by atoms with E-state index in [2.05, 4.69) is 31.5 Å². The Labute approximate surface area is 466 Å². The van der Waals surface area contributed by atoms with E-state index in [1.807, 2.05) is 6.92 Å². The fraction of sp³-hybridized carbons (Fsp3) is 0.936. The molecule has 21 nitrogen and oxygen atoms in total. The van der Waals surface area contributed by atoms with Crippen molar-refractivity contribution in [1.29, 1.82) is 0 Å². The van der Waals surface area contributed by atoms with Gasteiger partial charge in [0.25, 0.3) is 0 Å². The van der Waals surface area contributed by atoms with Gasteiger partial charge in [-0.3, -0.25) is 8.98 Å². The molecule has 0 unspecified atom stereocenters. The van der Waals surface area contributed by atoms with E-state index in [4.69, 9.17) is 56.3 Å². The van der Waals surface area contributed by atoms with Crippen LogP contribution in [0.2, 0.25) is 0 Å². The topological polar surface area (TPSA) is 272 Å². The summed E-state index contributed by atoms with van der Waals surface area (Å²) in [6.07, 6.45) is -3.58.